The standard InChI is InChI=1S/C24H24N2O2/c1-3-17-15-20(26(4-2)21(17)18-11-7-5-8-12-18)22-19(16-25)23(27)24(28-22)13-9-6-10-14-24/h4-5,7-8,11-12,15H,2-3,6,9-10,13-14H2,1H3. The largest absolute Gasteiger partial charge is 0.475 e. The van der Waals surface area contributed by atoms with Crippen molar-refractivity contribution in [3.63, 3.8) is 0 Å². The van der Waals surface area contributed by atoms with Gasteiger partial charge in [0, 0.05) is 6.20 Å². The minimum absolute atomic E-state index is 0.143. The Balaban J connectivity index is 1.89. The summed E-state index contributed by atoms with van der Waals surface area (Å²) in [4.78, 5) is 13.1. The zero-order chi connectivity index (χ0) is 19.7. The van der Waals surface area contributed by atoms with Crippen LogP contribution in [-0.4, -0.2) is 16.0 Å². The summed E-state index contributed by atoms with van der Waals surface area (Å²) in [5.41, 5.74) is 3.25. The fourth-order valence-electron chi connectivity index (χ4n) is 4.49. The molecule has 142 valence electrons. The third-order valence-electron chi connectivity index (χ3n) is 5.90. The van der Waals surface area contributed by atoms with E-state index in [1.807, 2.05) is 28.8 Å². The number of benzene rings is 1. The zero-order valence-corrected chi connectivity index (χ0v) is 16.2. The van der Waals surface area contributed by atoms with E-state index in [2.05, 4.69) is 31.7 Å². The van der Waals surface area contributed by atoms with Gasteiger partial charge in [-0.15, -0.1) is 0 Å². The van der Waals surface area contributed by atoms with Crippen LogP contribution in [0.3, 0.4) is 0 Å². The summed E-state index contributed by atoms with van der Waals surface area (Å²) >= 11 is 0. The molecule has 4 heteroatoms. The fraction of sp³-hybridized carbons (Fsp3) is 0.333. The monoisotopic (exact) mass is 372 g/mol. The Bertz CT molecular complexity index is 999. The molecule has 2 heterocycles. The molecule has 28 heavy (non-hydrogen) atoms. The summed E-state index contributed by atoms with van der Waals surface area (Å²) in [5.74, 6) is 0.256. The number of carbonyl (C=O) groups is 1. The molecular formula is C24H24N2O2. The highest BCUT2D eigenvalue weighted by atomic mass is 16.5. The molecule has 0 atom stereocenters. The van der Waals surface area contributed by atoms with E-state index in [-0.39, 0.29) is 11.4 Å². The molecule has 4 rings (SSSR count). The molecule has 0 bridgehead atoms. The lowest BCUT2D eigenvalue weighted by atomic mass is 9.81. The van der Waals surface area contributed by atoms with Crippen LogP contribution in [0.5, 0.6) is 0 Å². The number of aromatic nitrogens is 1. The summed E-state index contributed by atoms with van der Waals surface area (Å²) in [6.45, 7) is 6.09. The first-order valence-electron chi connectivity index (χ1n) is 9.96. The van der Waals surface area contributed by atoms with Crippen LogP contribution in [0.25, 0.3) is 23.2 Å². The van der Waals surface area contributed by atoms with Gasteiger partial charge < -0.3 is 9.30 Å². The number of aryl methyl sites for hydroxylation is 1. The Morgan fingerprint density at radius 1 is 1.25 bits per heavy atom. The highest BCUT2D eigenvalue weighted by molar-refractivity contribution is 6.13. The first kappa shape index (κ1) is 18.3. The molecule has 0 radical (unpaired) electrons. The van der Waals surface area contributed by atoms with Crippen molar-refractivity contribution in [2.45, 2.75) is 51.0 Å². The number of rotatable bonds is 4. The Hall–Kier alpha value is -3.06. The molecule has 4 nitrogen and oxygen atoms in total. The van der Waals surface area contributed by atoms with E-state index in [1.165, 1.54) is 0 Å². The smallest absolute Gasteiger partial charge is 0.220 e. The third-order valence-corrected chi connectivity index (χ3v) is 5.90. The first-order valence-corrected chi connectivity index (χ1v) is 9.96. The van der Waals surface area contributed by atoms with E-state index in [0.29, 0.717) is 18.6 Å². The Morgan fingerprint density at radius 3 is 2.57 bits per heavy atom. The molecule has 1 spiro atoms. The molecule has 0 amide bonds. The van der Waals surface area contributed by atoms with Gasteiger partial charge in [-0.2, -0.15) is 5.26 Å². The van der Waals surface area contributed by atoms with Crippen molar-refractivity contribution in [3.05, 3.63) is 59.8 Å². The lowest BCUT2D eigenvalue weighted by Crippen LogP contribution is -2.39. The Kier molecular flexibility index (Phi) is 4.68. The second kappa shape index (κ2) is 7.16. The number of ether oxygens (including phenoxy) is 1. The fourth-order valence-corrected chi connectivity index (χ4v) is 4.49. The van der Waals surface area contributed by atoms with Gasteiger partial charge >= 0.3 is 0 Å². The number of nitriles is 1. The molecule has 2 aromatic rings. The number of hydrogen-bond donors (Lipinski definition) is 0. The summed E-state index contributed by atoms with van der Waals surface area (Å²) < 4.78 is 8.28. The van der Waals surface area contributed by atoms with E-state index in [4.69, 9.17) is 4.74 Å². The second-order valence-electron chi connectivity index (χ2n) is 7.48. The van der Waals surface area contributed by atoms with Crippen molar-refractivity contribution < 1.29 is 9.53 Å². The van der Waals surface area contributed by atoms with Gasteiger partial charge in [-0.05, 0) is 49.3 Å². The van der Waals surface area contributed by atoms with Crippen LogP contribution in [-0.2, 0) is 16.0 Å². The number of Topliss-reactive ketones (excluding diaryl/α,β-unsaturated/α-hetero) is 1. The molecular weight excluding hydrogens is 348 g/mol. The molecule has 2 aliphatic rings. The quantitative estimate of drug-likeness (QED) is 0.726. The van der Waals surface area contributed by atoms with Gasteiger partial charge in [0.2, 0.25) is 5.78 Å². The van der Waals surface area contributed by atoms with E-state index in [1.54, 1.807) is 6.20 Å². The van der Waals surface area contributed by atoms with Crippen LogP contribution in [0.15, 0.2) is 48.6 Å². The molecule has 0 unspecified atom stereocenters. The molecule has 0 saturated heterocycles. The van der Waals surface area contributed by atoms with Crippen LogP contribution in [0.1, 0.15) is 50.3 Å². The minimum Gasteiger partial charge on any atom is -0.475 e. The van der Waals surface area contributed by atoms with Gasteiger partial charge in [0.25, 0.3) is 0 Å². The van der Waals surface area contributed by atoms with E-state index >= 15 is 0 Å². The summed E-state index contributed by atoms with van der Waals surface area (Å²) in [7, 11) is 0. The summed E-state index contributed by atoms with van der Waals surface area (Å²) in [6, 6.07) is 14.3. The highest BCUT2D eigenvalue weighted by Crippen LogP contribution is 2.46. The van der Waals surface area contributed by atoms with Crippen molar-refractivity contribution in [1.29, 1.82) is 5.26 Å². The molecule has 1 saturated carbocycles. The van der Waals surface area contributed by atoms with Crippen molar-refractivity contribution in [2.24, 2.45) is 0 Å². The average Bonchev–Trinajstić information content (AvgIpc) is 3.24. The maximum absolute atomic E-state index is 13.1. The Morgan fingerprint density at radius 2 is 1.96 bits per heavy atom. The van der Waals surface area contributed by atoms with Gasteiger partial charge in [-0.3, -0.25) is 4.79 Å². The van der Waals surface area contributed by atoms with Crippen molar-refractivity contribution in [1.82, 2.24) is 4.57 Å². The third kappa shape index (κ3) is 2.70. The molecule has 1 aliphatic carbocycles. The van der Waals surface area contributed by atoms with Crippen LogP contribution >= 0.6 is 0 Å². The maximum Gasteiger partial charge on any atom is 0.220 e. The molecule has 0 N–H and O–H groups in total. The average molecular weight is 372 g/mol. The zero-order valence-electron chi connectivity index (χ0n) is 16.2. The predicted octanol–water partition coefficient (Wildman–Crippen LogP) is 5.35. The topological polar surface area (TPSA) is 55.0 Å². The number of carbonyl (C=O) groups excluding carboxylic acids is 1. The highest BCUT2D eigenvalue weighted by Gasteiger charge is 2.50. The molecule has 1 aromatic carbocycles. The Labute approximate surface area is 165 Å². The lowest BCUT2D eigenvalue weighted by molar-refractivity contribution is -0.131. The van der Waals surface area contributed by atoms with Crippen LogP contribution in [0, 0.1) is 11.3 Å². The van der Waals surface area contributed by atoms with E-state index in [0.717, 1.165) is 48.2 Å². The van der Waals surface area contributed by atoms with E-state index < -0.39 is 5.60 Å². The predicted molar refractivity (Wildman–Crippen MR) is 110 cm³/mol. The van der Waals surface area contributed by atoms with E-state index in [9.17, 15) is 10.1 Å². The van der Waals surface area contributed by atoms with Gasteiger partial charge in [0.1, 0.15) is 11.6 Å². The molecule has 1 aromatic heterocycles. The number of nitrogens with zero attached hydrogens (tertiary/aromatic N) is 2. The van der Waals surface area contributed by atoms with Gasteiger partial charge in [0.05, 0.1) is 11.4 Å². The van der Waals surface area contributed by atoms with Crippen LogP contribution in [0.4, 0.5) is 0 Å². The number of ketones is 1. The van der Waals surface area contributed by atoms with Crippen LogP contribution in [0.2, 0.25) is 0 Å². The lowest BCUT2D eigenvalue weighted by Gasteiger charge is -2.31. The first-order chi connectivity index (χ1) is 13.6. The summed E-state index contributed by atoms with van der Waals surface area (Å²) in [5, 5.41) is 9.75. The molecule has 1 aliphatic heterocycles. The molecule has 1 fully saturated rings. The van der Waals surface area contributed by atoms with Crippen molar-refractivity contribution in [3.8, 4) is 17.3 Å². The van der Waals surface area contributed by atoms with Gasteiger partial charge in [0.15, 0.2) is 11.4 Å². The normalized spacial score (nSPS) is 18.2. The minimum atomic E-state index is -0.853. The van der Waals surface area contributed by atoms with Crippen LogP contribution < -0.4 is 0 Å². The van der Waals surface area contributed by atoms with Crippen molar-refractivity contribution >= 4 is 17.7 Å². The van der Waals surface area contributed by atoms with Crippen molar-refractivity contribution in [2.75, 3.05) is 0 Å². The number of hydrogen-bond acceptors (Lipinski definition) is 3. The summed E-state index contributed by atoms with van der Waals surface area (Å²) in [6.07, 6.45) is 6.94. The maximum atomic E-state index is 13.1. The van der Waals surface area contributed by atoms with Gasteiger partial charge in [-0.1, -0.05) is 50.3 Å². The second-order valence-corrected chi connectivity index (χ2v) is 7.48. The van der Waals surface area contributed by atoms with Gasteiger partial charge in [-0.25, -0.2) is 0 Å². The SMILES string of the molecule is C=Cn1c(C2=C(C#N)C(=O)C3(CCCCC3)O2)cc(CC)c1-c1ccccc1.